The largest absolute Gasteiger partial charge is 0.488 e. The highest BCUT2D eigenvalue weighted by atomic mass is 16.5. The Bertz CT molecular complexity index is 1350. The van der Waals surface area contributed by atoms with Gasteiger partial charge in [0.1, 0.15) is 24.0 Å². The molecule has 0 atom stereocenters. The summed E-state index contributed by atoms with van der Waals surface area (Å²) >= 11 is 0. The number of fused-ring (bicyclic) bond motifs is 1. The van der Waals surface area contributed by atoms with Crippen LogP contribution in [0.1, 0.15) is 39.0 Å². The topological polar surface area (TPSA) is 100 Å². The third-order valence-corrected chi connectivity index (χ3v) is 5.49. The molecular formula is C27H29N5O3. The molecule has 0 aliphatic carbocycles. The molecule has 0 radical (unpaired) electrons. The van der Waals surface area contributed by atoms with Crippen molar-refractivity contribution >= 4 is 34.2 Å². The number of pyridine rings is 1. The van der Waals surface area contributed by atoms with Gasteiger partial charge in [0.25, 0.3) is 0 Å². The Balaban J connectivity index is 1.57. The van der Waals surface area contributed by atoms with Gasteiger partial charge in [0.2, 0.25) is 0 Å². The Morgan fingerprint density at radius 1 is 1.06 bits per heavy atom. The van der Waals surface area contributed by atoms with E-state index >= 15 is 0 Å². The molecule has 0 saturated carbocycles. The fourth-order valence-corrected chi connectivity index (χ4v) is 3.89. The van der Waals surface area contributed by atoms with Crippen LogP contribution in [0.5, 0.6) is 5.75 Å². The average Bonchev–Trinajstić information content (AvgIpc) is 2.83. The van der Waals surface area contributed by atoms with Crippen LogP contribution >= 0.6 is 0 Å². The molecule has 0 bridgehead atoms. The van der Waals surface area contributed by atoms with Gasteiger partial charge in [-0.2, -0.15) is 0 Å². The van der Waals surface area contributed by atoms with E-state index < -0.39 is 11.6 Å². The maximum absolute atomic E-state index is 12.1. The zero-order chi connectivity index (χ0) is 25.0. The van der Waals surface area contributed by atoms with E-state index in [1.54, 1.807) is 24.7 Å². The molecule has 2 heterocycles. The fraction of sp³-hybridized carbons (Fsp3) is 0.259. The predicted molar refractivity (Wildman–Crippen MR) is 137 cm³/mol. The van der Waals surface area contributed by atoms with E-state index in [-0.39, 0.29) is 0 Å². The van der Waals surface area contributed by atoms with Crippen LogP contribution in [0.15, 0.2) is 67.1 Å². The van der Waals surface area contributed by atoms with Crippen LogP contribution in [0.3, 0.4) is 0 Å². The van der Waals surface area contributed by atoms with E-state index in [9.17, 15) is 9.90 Å². The highest BCUT2D eigenvalue weighted by Crippen LogP contribution is 2.37. The van der Waals surface area contributed by atoms with Crippen LogP contribution in [0.4, 0.5) is 22.1 Å². The highest BCUT2D eigenvalue weighted by Gasteiger charge is 2.29. The van der Waals surface area contributed by atoms with Gasteiger partial charge in [-0.25, -0.2) is 14.8 Å². The molecule has 2 aromatic carbocycles. The Morgan fingerprint density at radius 2 is 1.83 bits per heavy atom. The maximum atomic E-state index is 12.1. The van der Waals surface area contributed by atoms with Crippen molar-refractivity contribution in [3.8, 4) is 5.75 Å². The molecule has 180 valence electrons. The molecule has 8 nitrogen and oxygen atoms in total. The number of hydrogen-bond acceptors (Lipinski definition) is 6. The van der Waals surface area contributed by atoms with E-state index in [2.05, 4.69) is 20.3 Å². The van der Waals surface area contributed by atoms with Crippen molar-refractivity contribution in [2.75, 3.05) is 10.2 Å². The van der Waals surface area contributed by atoms with Crippen molar-refractivity contribution in [1.29, 1.82) is 0 Å². The van der Waals surface area contributed by atoms with Crippen LogP contribution in [-0.4, -0.2) is 31.7 Å². The number of nitrogens with zero attached hydrogens (tertiary/aromatic N) is 4. The first-order valence-electron chi connectivity index (χ1n) is 11.5. The van der Waals surface area contributed by atoms with Crippen LogP contribution in [0, 0.1) is 0 Å². The quantitative estimate of drug-likeness (QED) is 0.331. The lowest BCUT2D eigenvalue weighted by Crippen LogP contribution is -2.45. The monoisotopic (exact) mass is 471 g/mol. The molecule has 8 heteroatoms. The minimum absolute atomic E-state index is 0.323. The van der Waals surface area contributed by atoms with Gasteiger partial charge in [0, 0.05) is 28.7 Å². The normalized spacial score (nSPS) is 11.3. The lowest BCUT2D eigenvalue weighted by Gasteiger charge is -2.34. The van der Waals surface area contributed by atoms with Crippen molar-refractivity contribution in [2.24, 2.45) is 0 Å². The van der Waals surface area contributed by atoms with Crippen molar-refractivity contribution in [3.05, 3.63) is 78.4 Å². The standard InChI is InChI=1S/C27H29N5O3/c1-5-19-15-28-16-25(30-19)31-24-14-18(12-13-29-24)17-35-23-11-10-22(20-8-6-7-9-21(20)23)32(26(33)34)27(2,3)4/h6-16H,5,17H2,1-4H3,(H,33,34)(H,29,30,31). The van der Waals surface area contributed by atoms with E-state index in [0.717, 1.165) is 28.5 Å². The van der Waals surface area contributed by atoms with Gasteiger partial charge in [-0.15, -0.1) is 0 Å². The molecule has 4 aromatic rings. The summed E-state index contributed by atoms with van der Waals surface area (Å²) in [7, 11) is 0. The van der Waals surface area contributed by atoms with Gasteiger partial charge in [-0.05, 0) is 57.0 Å². The SMILES string of the molecule is CCc1cncc(Nc2cc(COc3ccc(N(C(=O)O)C(C)(C)C)c4ccccc34)ccn2)n1. The van der Waals surface area contributed by atoms with Crippen LogP contribution < -0.4 is 15.0 Å². The number of aryl methyl sites for hydroxylation is 1. The molecule has 0 spiro atoms. The van der Waals surface area contributed by atoms with Gasteiger partial charge >= 0.3 is 6.09 Å². The molecule has 2 N–H and O–H groups in total. The first-order chi connectivity index (χ1) is 16.8. The number of nitrogens with one attached hydrogen (secondary N) is 1. The van der Waals surface area contributed by atoms with Crippen molar-refractivity contribution < 1.29 is 14.6 Å². The third kappa shape index (κ3) is 5.48. The van der Waals surface area contributed by atoms with E-state index in [1.165, 1.54) is 4.90 Å². The summed E-state index contributed by atoms with van der Waals surface area (Å²) in [4.78, 5) is 26.5. The predicted octanol–water partition coefficient (Wildman–Crippen LogP) is 6.19. The van der Waals surface area contributed by atoms with Crippen LogP contribution in [0.2, 0.25) is 0 Å². The summed E-state index contributed by atoms with van der Waals surface area (Å²) in [6.45, 7) is 7.98. The summed E-state index contributed by atoms with van der Waals surface area (Å²) in [6, 6.07) is 15.1. The zero-order valence-electron chi connectivity index (χ0n) is 20.3. The van der Waals surface area contributed by atoms with Crippen molar-refractivity contribution in [2.45, 2.75) is 46.3 Å². The summed E-state index contributed by atoms with van der Waals surface area (Å²) in [6.07, 6.45) is 4.93. The molecule has 0 aliphatic rings. The van der Waals surface area contributed by atoms with Crippen molar-refractivity contribution in [3.63, 3.8) is 0 Å². The third-order valence-electron chi connectivity index (χ3n) is 5.49. The molecule has 0 unspecified atom stereocenters. The number of benzene rings is 2. The lowest BCUT2D eigenvalue weighted by molar-refractivity contribution is 0.195. The number of carbonyl (C=O) groups is 1. The fourth-order valence-electron chi connectivity index (χ4n) is 3.89. The first kappa shape index (κ1) is 23.9. The van der Waals surface area contributed by atoms with Gasteiger partial charge in [0.05, 0.1) is 17.6 Å². The molecular weight excluding hydrogens is 442 g/mol. The molecule has 0 aliphatic heterocycles. The second-order valence-corrected chi connectivity index (χ2v) is 9.13. The van der Waals surface area contributed by atoms with Crippen molar-refractivity contribution in [1.82, 2.24) is 15.0 Å². The Morgan fingerprint density at radius 3 is 2.54 bits per heavy atom. The lowest BCUT2D eigenvalue weighted by atomic mass is 10.0. The van der Waals surface area contributed by atoms with E-state index in [0.29, 0.717) is 29.7 Å². The number of hydrogen-bond donors (Lipinski definition) is 2. The van der Waals surface area contributed by atoms with Gasteiger partial charge < -0.3 is 15.2 Å². The number of aromatic nitrogens is 3. The maximum Gasteiger partial charge on any atom is 0.412 e. The number of anilines is 3. The highest BCUT2D eigenvalue weighted by molar-refractivity contribution is 6.04. The minimum Gasteiger partial charge on any atom is -0.488 e. The summed E-state index contributed by atoms with van der Waals surface area (Å²) in [5, 5.41) is 14.7. The van der Waals surface area contributed by atoms with E-state index in [4.69, 9.17) is 4.74 Å². The second-order valence-electron chi connectivity index (χ2n) is 9.13. The average molecular weight is 472 g/mol. The second kappa shape index (κ2) is 9.97. The van der Waals surface area contributed by atoms with Gasteiger partial charge in [0.15, 0.2) is 0 Å². The number of ether oxygens (including phenoxy) is 1. The molecule has 2 aromatic heterocycles. The molecule has 0 fully saturated rings. The van der Waals surface area contributed by atoms with E-state index in [1.807, 2.05) is 70.2 Å². The van der Waals surface area contributed by atoms with Gasteiger partial charge in [-0.1, -0.05) is 31.2 Å². The zero-order valence-corrected chi connectivity index (χ0v) is 20.3. The van der Waals surface area contributed by atoms with Crippen LogP contribution in [-0.2, 0) is 13.0 Å². The Labute approximate surface area is 204 Å². The summed E-state index contributed by atoms with van der Waals surface area (Å²) in [5.41, 5.74) is 1.85. The summed E-state index contributed by atoms with van der Waals surface area (Å²) < 4.78 is 6.18. The van der Waals surface area contributed by atoms with Crippen LogP contribution in [0.25, 0.3) is 10.8 Å². The molecule has 35 heavy (non-hydrogen) atoms. The smallest absolute Gasteiger partial charge is 0.412 e. The number of amides is 1. The van der Waals surface area contributed by atoms with Gasteiger partial charge in [-0.3, -0.25) is 9.88 Å². The molecule has 1 amide bonds. The minimum atomic E-state index is -0.998. The number of carboxylic acid groups (broad SMARTS) is 1. The Kier molecular flexibility index (Phi) is 6.82. The number of rotatable bonds is 7. The Hall–Kier alpha value is -4.20. The first-order valence-corrected chi connectivity index (χ1v) is 11.5. The molecule has 4 rings (SSSR count). The molecule has 0 saturated heterocycles. The summed E-state index contributed by atoms with van der Waals surface area (Å²) in [5.74, 6) is 1.96.